The SMILES string of the molecule is C=CCC(=O)C1CCCC1N. The molecule has 0 aromatic heterocycles. The summed E-state index contributed by atoms with van der Waals surface area (Å²) < 4.78 is 0. The summed E-state index contributed by atoms with van der Waals surface area (Å²) in [6.45, 7) is 3.54. The molecule has 1 aliphatic rings. The highest BCUT2D eigenvalue weighted by molar-refractivity contribution is 5.83. The number of hydrogen-bond acceptors (Lipinski definition) is 2. The second-order valence-corrected chi connectivity index (χ2v) is 3.16. The van der Waals surface area contributed by atoms with Gasteiger partial charge in [-0.2, -0.15) is 0 Å². The second-order valence-electron chi connectivity index (χ2n) is 3.16. The van der Waals surface area contributed by atoms with Gasteiger partial charge in [0.1, 0.15) is 5.78 Å². The van der Waals surface area contributed by atoms with E-state index in [0.717, 1.165) is 19.3 Å². The van der Waals surface area contributed by atoms with Crippen molar-refractivity contribution in [3.63, 3.8) is 0 Å². The van der Waals surface area contributed by atoms with Crippen LogP contribution >= 0.6 is 0 Å². The fourth-order valence-electron chi connectivity index (χ4n) is 1.68. The van der Waals surface area contributed by atoms with Gasteiger partial charge in [0, 0.05) is 18.4 Å². The molecule has 2 nitrogen and oxygen atoms in total. The Kier molecular flexibility index (Phi) is 2.83. The molecular weight excluding hydrogens is 138 g/mol. The van der Waals surface area contributed by atoms with Gasteiger partial charge in [-0.15, -0.1) is 6.58 Å². The van der Waals surface area contributed by atoms with Gasteiger partial charge >= 0.3 is 0 Å². The quantitative estimate of drug-likeness (QED) is 0.620. The van der Waals surface area contributed by atoms with Crippen molar-refractivity contribution in [1.82, 2.24) is 0 Å². The minimum Gasteiger partial charge on any atom is -0.327 e. The summed E-state index contributed by atoms with van der Waals surface area (Å²) >= 11 is 0. The van der Waals surface area contributed by atoms with E-state index < -0.39 is 0 Å². The average molecular weight is 153 g/mol. The molecule has 11 heavy (non-hydrogen) atoms. The van der Waals surface area contributed by atoms with E-state index in [-0.39, 0.29) is 17.7 Å². The number of carbonyl (C=O) groups excluding carboxylic acids is 1. The zero-order chi connectivity index (χ0) is 8.27. The van der Waals surface area contributed by atoms with Gasteiger partial charge in [-0.1, -0.05) is 12.5 Å². The van der Waals surface area contributed by atoms with Crippen LogP contribution in [-0.4, -0.2) is 11.8 Å². The summed E-state index contributed by atoms with van der Waals surface area (Å²) in [5.74, 6) is 0.387. The molecule has 0 amide bonds. The number of allylic oxidation sites excluding steroid dienone is 1. The number of nitrogens with two attached hydrogens (primary N) is 1. The summed E-state index contributed by atoms with van der Waals surface area (Å²) in [7, 11) is 0. The first-order chi connectivity index (χ1) is 5.25. The third-order valence-corrected chi connectivity index (χ3v) is 2.33. The predicted molar refractivity (Wildman–Crippen MR) is 45.1 cm³/mol. The molecule has 62 valence electrons. The Balaban J connectivity index is 2.45. The highest BCUT2D eigenvalue weighted by atomic mass is 16.1. The van der Waals surface area contributed by atoms with Gasteiger partial charge in [0.2, 0.25) is 0 Å². The van der Waals surface area contributed by atoms with E-state index >= 15 is 0 Å². The highest BCUT2D eigenvalue weighted by Gasteiger charge is 2.28. The lowest BCUT2D eigenvalue weighted by Gasteiger charge is -2.11. The maximum absolute atomic E-state index is 11.3. The highest BCUT2D eigenvalue weighted by Crippen LogP contribution is 2.25. The van der Waals surface area contributed by atoms with Crippen molar-refractivity contribution >= 4 is 5.78 Å². The number of rotatable bonds is 3. The minimum atomic E-state index is 0.113. The van der Waals surface area contributed by atoms with Crippen LogP contribution in [0.2, 0.25) is 0 Å². The molecule has 0 radical (unpaired) electrons. The van der Waals surface area contributed by atoms with E-state index in [2.05, 4.69) is 6.58 Å². The van der Waals surface area contributed by atoms with Crippen molar-refractivity contribution in [1.29, 1.82) is 0 Å². The molecule has 1 saturated carbocycles. The molecule has 0 aliphatic heterocycles. The summed E-state index contributed by atoms with van der Waals surface area (Å²) in [6.07, 6.45) is 5.24. The molecule has 0 saturated heterocycles. The smallest absolute Gasteiger partial charge is 0.141 e. The third kappa shape index (κ3) is 1.90. The van der Waals surface area contributed by atoms with Crippen molar-refractivity contribution < 1.29 is 4.79 Å². The van der Waals surface area contributed by atoms with Crippen LogP contribution in [0, 0.1) is 5.92 Å². The number of Topliss-reactive ketones (excluding diaryl/α,β-unsaturated/α-hetero) is 1. The van der Waals surface area contributed by atoms with Gasteiger partial charge in [0.25, 0.3) is 0 Å². The number of carbonyl (C=O) groups is 1. The van der Waals surface area contributed by atoms with Crippen molar-refractivity contribution in [3.8, 4) is 0 Å². The molecule has 0 bridgehead atoms. The van der Waals surface area contributed by atoms with E-state index in [1.165, 1.54) is 0 Å². The normalized spacial score (nSPS) is 30.3. The molecule has 2 unspecified atom stereocenters. The average Bonchev–Trinajstić information content (AvgIpc) is 2.36. The van der Waals surface area contributed by atoms with Crippen molar-refractivity contribution in [2.24, 2.45) is 11.7 Å². The van der Waals surface area contributed by atoms with Gasteiger partial charge < -0.3 is 5.73 Å². The predicted octanol–water partition coefficient (Wildman–Crippen LogP) is 1.26. The Morgan fingerprint density at radius 3 is 2.82 bits per heavy atom. The van der Waals surface area contributed by atoms with Gasteiger partial charge in [-0.3, -0.25) is 4.79 Å². The minimum absolute atomic E-state index is 0.113. The first-order valence-electron chi connectivity index (χ1n) is 4.15. The summed E-state index contributed by atoms with van der Waals surface area (Å²) in [6, 6.07) is 0.113. The van der Waals surface area contributed by atoms with E-state index in [4.69, 9.17) is 5.73 Å². The van der Waals surface area contributed by atoms with Crippen LogP contribution in [0.15, 0.2) is 12.7 Å². The zero-order valence-corrected chi connectivity index (χ0v) is 6.75. The lowest BCUT2D eigenvalue weighted by molar-refractivity contribution is -0.122. The maximum atomic E-state index is 11.3. The first kappa shape index (κ1) is 8.47. The number of ketones is 1. The molecule has 0 aromatic carbocycles. The van der Waals surface area contributed by atoms with Crippen LogP contribution in [0.5, 0.6) is 0 Å². The Morgan fingerprint density at radius 1 is 1.64 bits per heavy atom. The molecule has 2 atom stereocenters. The van der Waals surface area contributed by atoms with Gasteiger partial charge in [0.15, 0.2) is 0 Å². The van der Waals surface area contributed by atoms with Gasteiger partial charge in [-0.05, 0) is 12.8 Å². The van der Waals surface area contributed by atoms with E-state index in [1.807, 2.05) is 0 Å². The molecule has 0 aromatic rings. The number of hydrogen-bond donors (Lipinski definition) is 1. The monoisotopic (exact) mass is 153 g/mol. The van der Waals surface area contributed by atoms with Crippen molar-refractivity contribution in [2.45, 2.75) is 31.7 Å². The van der Waals surface area contributed by atoms with Crippen LogP contribution in [0.25, 0.3) is 0 Å². The lowest BCUT2D eigenvalue weighted by atomic mass is 9.97. The van der Waals surface area contributed by atoms with E-state index in [9.17, 15) is 4.79 Å². The Labute approximate surface area is 67.5 Å². The van der Waals surface area contributed by atoms with Crippen molar-refractivity contribution in [3.05, 3.63) is 12.7 Å². The third-order valence-electron chi connectivity index (χ3n) is 2.33. The summed E-state index contributed by atoms with van der Waals surface area (Å²) in [5.41, 5.74) is 5.76. The Bertz CT molecular complexity index is 165. The zero-order valence-electron chi connectivity index (χ0n) is 6.75. The van der Waals surface area contributed by atoms with Crippen LogP contribution in [0.4, 0.5) is 0 Å². The maximum Gasteiger partial charge on any atom is 0.141 e. The Hall–Kier alpha value is -0.630. The van der Waals surface area contributed by atoms with Crippen LogP contribution in [-0.2, 0) is 4.79 Å². The largest absolute Gasteiger partial charge is 0.327 e. The molecule has 0 spiro atoms. The topological polar surface area (TPSA) is 43.1 Å². The van der Waals surface area contributed by atoms with Gasteiger partial charge in [0.05, 0.1) is 0 Å². The Morgan fingerprint density at radius 2 is 2.36 bits per heavy atom. The van der Waals surface area contributed by atoms with E-state index in [1.54, 1.807) is 6.08 Å². The molecule has 2 heteroatoms. The van der Waals surface area contributed by atoms with E-state index in [0.29, 0.717) is 6.42 Å². The molecule has 1 rings (SSSR count). The molecule has 1 aliphatic carbocycles. The summed E-state index contributed by atoms with van der Waals surface area (Å²) in [4.78, 5) is 11.3. The first-order valence-corrected chi connectivity index (χ1v) is 4.15. The van der Waals surface area contributed by atoms with Crippen molar-refractivity contribution in [2.75, 3.05) is 0 Å². The molecule has 0 heterocycles. The molecule has 1 fully saturated rings. The lowest BCUT2D eigenvalue weighted by Crippen LogP contribution is -2.30. The fourth-order valence-corrected chi connectivity index (χ4v) is 1.68. The standard InChI is InChI=1S/C9H15NO/c1-2-4-9(11)7-5-3-6-8(7)10/h2,7-8H,1,3-6,10H2. The molecular formula is C9H15NO. The fraction of sp³-hybridized carbons (Fsp3) is 0.667. The van der Waals surface area contributed by atoms with Crippen LogP contribution < -0.4 is 5.73 Å². The second kappa shape index (κ2) is 3.67. The van der Waals surface area contributed by atoms with Crippen LogP contribution in [0.1, 0.15) is 25.7 Å². The van der Waals surface area contributed by atoms with Gasteiger partial charge in [-0.25, -0.2) is 0 Å². The summed E-state index contributed by atoms with van der Waals surface area (Å²) in [5, 5.41) is 0. The van der Waals surface area contributed by atoms with Crippen LogP contribution in [0.3, 0.4) is 0 Å². The molecule has 2 N–H and O–H groups in total.